The summed E-state index contributed by atoms with van der Waals surface area (Å²) in [6.07, 6.45) is 1.91. The molecule has 0 fully saturated rings. The zero-order valence-corrected chi connectivity index (χ0v) is 11.2. The number of hydrogen-bond donors (Lipinski definition) is 1. The van der Waals surface area contributed by atoms with Crippen molar-refractivity contribution in [2.24, 2.45) is 0 Å². The van der Waals surface area contributed by atoms with Crippen LogP contribution in [0.15, 0.2) is 42.6 Å². The molecule has 0 radical (unpaired) electrons. The van der Waals surface area contributed by atoms with Crippen LogP contribution >= 0.6 is 22.6 Å². The van der Waals surface area contributed by atoms with E-state index in [-0.39, 0.29) is 0 Å². The highest BCUT2D eigenvalue weighted by Crippen LogP contribution is 2.12. The Morgan fingerprint density at radius 2 is 1.88 bits per heavy atom. The topological polar surface area (TPSA) is 24.9 Å². The molecule has 3 heteroatoms. The summed E-state index contributed by atoms with van der Waals surface area (Å²) in [7, 11) is 0. The van der Waals surface area contributed by atoms with E-state index in [4.69, 9.17) is 0 Å². The van der Waals surface area contributed by atoms with Crippen molar-refractivity contribution < 1.29 is 0 Å². The number of nitrogens with zero attached hydrogens (tertiary/aromatic N) is 1. The van der Waals surface area contributed by atoms with Crippen LogP contribution in [0.1, 0.15) is 11.3 Å². The van der Waals surface area contributed by atoms with Crippen LogP contribution in [0.5, 0.6) is 0 Å². The molecule has 1 aromatic carbocycles. The third-order valence-electron chi connectivity index (χ3n) is 2.31. The van der Waals surface area contributed by atoms with E-state index < -0.39 is 0 Å². The molecule has 1 N–H and O–H groups in total. The Balaban J connectivity index is 1.97. The SMILES string of the molecule is Cc1ccc(CNc2ccc(I)cc2)cn1. The number of halogens is 1. The summed E-state index contributed by atoms with van der Waals surface area (Å²) in [5.41, 5.74) is 3.39. The van der Waals surface area contributed by atoms with Crippen molar-refractivity contribution in [3.05, 3.63) is 57.4 Å². The van der Waals surface area contributed by atoms with Gasteiger partial charge in [0.2, 0.25) is 0 Å². The van der Waals surface area contributed by atoms with Crippen LogP contribution < -0.4 is 5.32 Å². The smallest absolute Gasteiger partial charge is 0.0416 e. The van der Waals surface area contributed by atoms with Gasteiger partial charge in [0.1, 0.15) is 0 Å². The molecule has 2 rings (SSSR count). The summed E-state index contributed by atoms with van der Waals surface area (Å²) in [5.74, 6) is 0. The van der Waals surface area contributed by atoms with E-state index in [1.807, 2.05) is 19.2 Å². The molecule has 0 unspecified atom stereocenters. The first-order valence-corrected chi connectivity index (χ1v) is 6.23. The van der Waals surface area contributed by atoms with Crippen LogP contribution in [0.4, 0.5) is 5.69 Å². The molecule has 2 aromatic rings. The number of rotatable bonds is 3. The minimum atomic E-state index is 0.813. The second kappa shape index (κ2) is 5.30. The second-order valence-corrected chi connectivity index (χ2v) is 4.91. The van der Waals surface area contributed by atoms with Gasteiger partial charge in [0, 0.05) is 27.7 Å². The van der Waals surface area contributed by atoms with Crippen molar-refractivity contribution in [2.45, 2.75) is 13.5 Å². The molecule has 0 spiro atoms. The summed E-state index contributed by atoms with van der Waals surface area (Å²) in [6, 6.07) is 12.5. The van der Waals surface area contributed by atoms with Gasteiger partial charge in [-0.2, -0.15) is 0 Å². The first-order valence-electron chi connectivity index (χ1n) is 5.15. The highest BCUT2D eigenvalue weighted by atomic mass is 127. The molecule has 0 aliphatic heterocycles. The van der Waals surface area contributed by atoms with E-state index in [0.29, 0.717) is 0 Å². The number of benzene rings is 1. The van der Waals surface area contributed by atoms with Gasteiger partial charge in [-0.25, -0.2) is 0 Å². The Morgan fingerprint density at radius 3 is 2.50 bits per heavy atom. The third kappa shape index (κ3) is 3.20. The second-order valence-electron chi connectivity index (χ2n) is 3.67. The molecule has 0 aliphatic rings. The number of hydrogen-bond acceptors (Lipinski definition) is 2. The molecule has 0 amide bonds. The summed E-state index contributed by atoms with van der Waals surface area (Å²) >= 11 is 2.30. The predicted molar refractivity (Wildman–Crippen MR) is 75.5 cm³/mol. The lowest BCUT2D eigenvalue weighted by atomic mass is 10.2. The van der Waals surface area contributed by atoms with E-state index in [1.165, 1.54) is 9.13 Å². The van der Waals surface area contributed by atoms with Crippen molar-refractivity contribution in [1.29, 1.82) is 0 Å². The molecule has 0 bridgehead atoms. The average Bonchev–Trinajstić information content (AvgIpc) is 2.30. The fourth-order valence-corrected chi connectivity index (χ4v) is 1.73. The molecule has 1 heterocycles. The number of pyridine rings is 1. The van der Waals surface area contributed by atoms with Crippen LogP contribution in [0.25, 0.3) is 0 Å². The quantitative estimate of drug-likeness (QED) is 0.873. The van der Waals surface area contributed by atoms with Crippen molar-refractivity contribution in [2.75, 3.05) is 5.32 Å². The normalized spacial score (nSPS) is 10.1. The van der Waals surface area contributed by atoms with Gasteiger partial charge in [0.15, 0.2) is 0 Å². The lowest BCUT2D eigenvalue weighted by Crippen LogP contribution is -1.99. The van der Waals surface area contributed by atoms with Gasteiger partial charge in [0.05, 0.1) is 0 Å². The first kappa shape index (κ1) is 11.4. The molecule has 0 aliphatic carbocycles. The molecular weight excluding hydrogens is 311 g/mol. The van der Waals surface area contributed by atoms with Gasteiger partial charge < -0.3 is 5.32 Å². The molecule has 82 valence electrons. The maximum atomic E-state index is 4.26. The van der Waals surface area contributed by atoms with Crippen molar-refractivity contribution >= 4 is 28.3 Å². The van der Waals surface area contributed by atoms with Gasteiger partial charge in [-0.3, -0.25) is 4.98 Å². The van der Waals surface area contributed by atoms with E-state index in [9.17, 15) is 0 Å². The van der Waals surface area contributed by atoms with Crippen LogP contribution in [0.2, 0.25) is 0 Å². The number of nitrogens with one attached hydrogen (secondary N) is 1. The van der Waals surface area contributed by atoms with E-state index in [1.54, 1.807) is 0 Å². The Bertz CT molecular complexity index is 403. The van der Waals surface area contributed by atoms with Gasteiger partial charge >= 0.3 is 0 Å². The molecule has 1 aromatic heterocycles. The fraction of sp³-hybridized carbons (Fsp3) is 0.154. The molecule has 2 nitrogen and oxygen atoms in total. The molecule has 16 heavy (non-hydrogen) atoms. The fourth-order valence-electron chi connectivity index (χ4n) is 1.37. The maximum Gasteiger partial charge on any atom is 0.0416 e. The maximum absolute atomic E-state index is 4.26. The van der Waals surface area contributed by atoms with Crippen LogP contribution in [0, 0.1) is 10.5 Å². The Labute approximate surface area is 109 Å². The highest BCUT2D eigenvalue weighted by molar-refractivity contribution is 14.1. The zero-order valence-electron chi connectivity index (χ0n) is 9.07. The van der Waals surface area contributed by atoms with Crippen LogP contribution in [-0.2, 0) is 6.54 Å². The monoisotopic (exact) mass is 324 g/mol. The average molecular weight is 324 g/mol. The molecule has 0 saturated heterocycles. The Hall–Kier alpha value is -1.10. The lowest BCUT2D eigenvalue weighted by molar-refractivity contribution is 1.09. The standard InChI is InChI=1S/C13H13IN2/c1-10-2-3-11(8-15-10)9-16-13-6-4-12(14)5-7-13/h2-8,16H,9H2,1H3. The van der Waals surface area contributed by atoms with Crippen molar-refractivity contribution in [1.82, 2.24) is 4.98 Å². The first-order chi connectivity index (χ1) is 7.74. The molecule has 0 atom stereocenters. The van der Waals surface area contributed by atoms with E-state index >= 15 is 0 Å². The van der Waals surface area contributed by atoms with E-state index in [2.05, 4.69) is 63.2 Å². The Kier molecular flexibility index (Phi) is 3.77. The third-order valence-corrected chi connectivity index (χ3v) is 3.03. The summed E-state index contributed by atoms with van der Waals surface area (Å²) in [4.78, 5) is 4.26. The minimum Gasteiger partial charge on any atom is -0.381 e. The predicted octanol–water partition coefficient (Wildman–Crippen LogP) is 3.61. The highest BCUT2D eigenvalue weighted by Gasteiger charge is 1.94. The van der Waals surface area contributed by atoms with Gasteiger partial charge in [0.25, 0.3) is 0 Å². The molecule has 0 saturated carbocycles. The molecular formula is C13H13IN2. The van der Waals surface area contributed by atoms with Crippen molar-refractivity contribution in [3.63, 3.8) is 0 Å². The Morgan fingerprint density at radius 1 is 1.12 bits per heavy atom. The zero-order chi connectivity index (χ0) is 11.4. The van der Waals surface area contributed by atoms with Gasteiger partial charge in [-0.1, -0.05) is 6.07 Å². The summed E-state index contributed by atoms with van der Waals surface area (Å²) in [6.45, 7) is 2.81. The number of aryl methyl sites for hydroxylation is 1. The largest absolute Gasteiger partial charge is 0.381 e. The number of anilines is 1. The van der Waals surface area contributed by atoms with Gasteiger partial charge in [-0.15, -0.1) is 0 Å². The van der Waals surface area contributed by atoms with Crippen LogP contribution in [0.3, 0.4) is 0 Å². The van der Waals surface area contributed by atoms with Crippen molar-refractivity contribution in [3.8, 4) is 0 Å². The van der Waals surface area contributed by atoms with Gasteiger partial charge in [-0.05, 0) is 65.4 Å². The lowest BCUT2D eigenvalue weighted by Gasteiger charge is -2.06. The van der Waals surface area contributed by atoms with E-state index in [0.717, 1.165) is 17.9 Å². The van der Waals surface area contributed by atoms with Crippen LogP contribution in [-0.4, -0.2) is 4.98 Å². The number of aromatic nitrogens is 1. The summed E-state index contributed by atoms with van der Waals surface area (Å²) in [5, 5.41) is 3.36. The minimum absolute atomic E-state index is 0.813. The summed E-state index contributed by atoms with van der Waals surface area (Å²) < 4.78 is 1.25.